The monoisotopic (exact) mass is 429 g/mol. The number of fused-ring (bicyclic) bond motifs is 1. The molecule has 142 valence electrons. The Morgan fingerprint density at radius 3 is 2.89 bits per heavy atom. The van der Waals surface area contributed by atoms with E-state index in [1.807, 2.05) is 30.3 Å². The molecule has 0 bridgehead atoms. The number of hydrogen-bond acceptors (Lipinski definition) is 8. The number of aromatic nitrogens is 1. The molecule has 1 aromatic carbocycles. The molecule has 1 saturated heterocycles. The Morgan fingerprint density at radius 1 is 1.29 bits per heavy atom. The van der Waals surface area contributed by atoms with E-state index in [0.717, 1.165) is 15.2 Å². The largest absolute Gasteiger partial charge is 0.550 e. The maximum atomic E-state index is 12.5. The average molecular weight is 430 g/mol. The van der Waals surface area contributed by atoms with Gasteiger partial charge in [0, 0.05) is 18.6 Å². The summed E-state index contributed by atoms with van der Waals surface area (Å²) in [7, 11) is 0. The average Bonchev–Trinajstić information content (AvgIpc) is 3.35. The Kier molecular flexibility index (Phi) is 5.29. The maximum absolute atomic E-state index is 12.5. The summed E-state index contributed by atoms with van der Waals surface area (Å²) in [5.74, 6) is -0.216. The molecule has 3 heterocycles. The van der Waals surface area contributed by atoms with Crippen LogP contribution in [0.2, 0.25) is 0 Å². The van der Waals surface area contributed by atoms with Gasteiger partial charge in [0.15, 0.2) is 10.8 Å². The number of furan rings is 1. The second-order valence-electron chi connectivity index (χ2n) is 6.00. The van der Waals surface area contributed by atoms with Gasteiger partial charge in [-0.2, -0.15) is 0 Å². The predicted molar refractivity (Wildman–Crippen MR) is 111 cm³/mol. The molecule has 1 fully saturated rings. The highest BCUT2D eigenvalue weighted by Gasteiger charge is 2.31. The molecule has 0 unspecified atom stereocenters. The lowest BCUT2D eigenvalue weighted by Crippen LogP contribution is -2.30. The zero-order chi connectivity index (χ0) is 19.7. The van der Waals surface area contributed by atoms with Gasteiger partial charge < -0.3 is 14.3 Å². The molecule has 4 rings (SSSR count). The van der Waals surface area contributed by atoms with Gasteiger partial charge in [-0.25, -0.2) is 4.98 Å². The van der Waals surface area contributed by atoms with Crippen molar-refractivity contribution >= 4 is 67.8 Å². The predicted octanol–water partition coefficient (Wildman–Crippen LogP) is 3.29. The standard InChI is InChI=1S/C19H14N2O4S3/c22-16(23)6-3-9-21-18(24)15(28-19(21)26)10-11-7-8-13(25-11)17-20-12-4-1-2-5-14(12)27-17/h1-2,4-5,7-8,10H,3,6,9H2,(H,22,23)/p-1/b15-10+. The molecule has 9 heteroatoms. The highest BCUT2D eigenvalue weighted by Crippen LogP contribution is 2.35. The lowest BCUT2D eigenvalue weighted by atomic mass is 10.3. The van der Waals surface area contributed by atoms with Crippen molar-refractivity contribution in [2.75, 3.05) is 6.54 Å². The lowest BCUT2D eigenvalue weighted by molar-refractivity contribution is -0.305. The number of aliphatic carboxylic acids is 1. The van der Waals surface area contributed by atoms with E-state index in [1.165, 1.54) is 28.0 Å². The summed E-state index contributed by atoms with van der Waals surface area (Å²) in [6.45, 7) is 0.255. The number of amides is 1. The van der Waals surface area contributed by atoms with Crippen LogP contribution in [0.4, 0.5) is 0 Å². The summed E-state index contributed by atoms with van der Waals surface area (Å²) in [6.07, 6.45) is 1.83. The fraction of sp³-hybridized carbons (Fsp3) is 0.158. The molecular weight excluding hydrogens is 416 g/mol. The first-order valence-electron chi connectivity index (χ1n) is 8.42. The van der Waals surface area contributed by atoms with E-state index in [0.29, 0.717) is 27.2 Å². The molecule has 28 heavy (non-hydrogen) atoms. The van der Waals surface area contributed by atoms with Crippen LogP contribution in [-0.2, 0) is 9.59 Å². The summed E-state index contributed by atoms with van der Waals surface area (Å²) < 4.78 is 7.34. The third-order valence-corrected chi connectivity index (χ3v) is 6.47. The Labute approximate surface area is 173 Å². The van der Waals surface area contributed by atoms with Gasteiger partial charge in [0.1, 0.15) is 10.1 Å². The molecule has 3 aromatic rings. The number of carbonyl (C=O) groups is 2. The zero-order valence-corrected chi connectivity index (χ0v) is 16.9. The number of thioether (sulfide) groups is 1. The number of thiazole rings is 1. The van der Waals surface area contributed by atoms with Crippen LogP contribution in [0.1, 0.15) is 18.6 Å². The van der Waals surface area contributed by atoms with Crippen molar-refractivity contribution in [3.8, 4) is 10.8 Å². The summed E-state index contributed by atoms with van der Waals surface area (Å²) in [4.78, 5) is 29.5. The quantitative estimate of drug-likeness (QED) is 0.439. The molecule has 6 nitrogen and oxygen atoms in total. The number of rotatable bonds is 6. The highest BCUT2D eigenvalue weighted by molar-refractivity contribution is 8.26. The van der Waals surface area contributed by atoms with Gasteiger partial charge in [-0.3, -0.25) is 9.69 Å². The third-order valence-electron chi connectivity index (χ3n) is 4.04. The van der Waals surface area contributed by atoms with Gasteiger partial charge in [-0.15, -0.1) is 11.3 Å². The number of carbonyl (C=O) groups excluding carboxylic acids is 2. The second-order valence-corrected chi connectivity index (χ2v) is 8.70. The molecule has 0 radical (unpaired) electrons. The van der Waals surface area contributed by atoms with Crippen molar-refractivity contribution in [1.82, 2.24) is 9.88 Å². The highest BCUT2D eigenvalue weighted by atomic mass is 32.2. The first-order valence-corrected chi connectivity index (χ1v) is 10.5. The summed E-state index contributed by atoms with van der Waals surface area (Å²) >= 11 is 7.95. The van der Waals surface area contributed by atoms with Crippen LogP contribution in [0, 0.1) is 0 Å². The summed E-state index contributed by atoms with van der Waals surface area (Å²) in [5, 5.41) is 11.3. The number of carboxylic acids is 1. The molecule has 2 aromatic heterocycles. The van der Waals surface area contributed by atoms with E-state index in [4.69, 9.17) is 16.6 Å². The molecule has 1 aliphatic heterocycles. The van der Waals surface area contributed by atoms with Crippen LogP contribution >= 0.6 is 35.3 Å². The third kappa shape index (κ3) is 3.87. The minimum absolute atomic E-state index is 0.111. The smallest absolute Gasteiger partial charge is 0.266 e. The van der Waals surface area contributed by atoms with Crippen LogP contribution < -0.4 is 5.11 Å². The Balaban J connectivity index is 1.51. The van der Waals surface area contributed by atoms with E-state index >= 15 is 0 Å². The molecule has 0 aliphatic carbocycles. The zero-order valence-electron chi connectivity index (χ0n) is 14.4. The minimum atomic E-state index is -1.14. The number of nitrogens with zero attached hydrogens (tertiary/aromatic N) is 2. The van der Waals surface area contributed by atoms with Crippen molar-refractivity contribution in [1.29, 1.82) is 0 Å². The van der Waals surface area contributed by atoms with E-state index in [-0.39, 0.29) is 18.9 Å². The molecule has 0 spiro atoms. The normalized spacial score (nSPS) is 15.9. The Hall–Kier alpha value is -2.49. The molecule has 0 saturated carbocycles. The Morgan fingerprint density at radius 2 is 2.11 bits per heavy atom. The summed E-state index contributed by atoms with van der Waals surface area (Å²) in [6, 6.07) is 11.5. The van der Waals surface area contributed by atoms with E-state index in [2.05, 4.69) is 4.98 Å². The van der Waals surface area contributed by atoms with Crippen LogP contribution in [0.3, 0.4) is 0 Å². The van der Waals surface area contributed by atoms with E-state index in [9.17, 15) is 14.7 Å². The topological polar surface area (TPSA) is 86.5 Å². The molecule has 1 amide bonds. The summed E-state index contributed by atoms with van der Waals surface area (Å²) in [5.41, 5.74) is 0.915. The van der Waals surface area contributed by atoms with Crippen LogP contribution in [0.15, 0.2) is 45.7 Å². The SMILES string of the molecule is O=C([O-])CCCN1C(=O)/C(=C\c2ccc(-c3nc4ccccc4s3)o2)SC1=S. The fourth-order valence-corrected chi connectivity index (χ4v) is 4.94. The van der Waals surface area contributed by atoms with E-state index < -0.39 is 5.97 Å². The first-order chi connectivity index (χ1) is 13.5. The van der Waals surface area contributed by atoms with Crippen molar-refractivity contribution in [2.24, 2.45) is 0 Å². The van der Waals surface area contributed by atoms with Crippen molar-refractivity contribution in [3.05, 3.63) is 47.1 Å². The van der Waals surface area contributed by atoms with E-state index in [1.54, 1.807) is 12.1 Å². The van der Waals surface area contributed by atoms with Gasteiger partial charge in [0.05, 0.1) is 15.1 Å². The Bertz CT molecular complexity index is 1080. The van der Waals surface area contributed by atoms with Gasteiger partial charge >= 0.3 is 0 Å². The first kappa shape index (κ1) is 18.9. The maximum Gasteiger partial charge on any atom is 0.266 e. The van der Waals surface area contributed by atoms with Crippen LogP contribution in [0.5, 0.6) is 0 Å². The minimum Gasteiger partial charge on any atom is -0.550 e. The number of hydrogen-bond donors (Lipinski definition) is 0. The molecule has 0 N–H and O–H groups in total. The van der Waals surface area contributed by atoms with Crippen LogP contribution in [-0.4, -0.2) is 32.6 Å². The van der Waals surface area contributed by atoms with Gasteiger partial charge in [-0.05, 0) is 37.1 Å². The second kappa shape index (κ2) is 7.86. The van der Waals surface area contributed by atoms with Gasteiger partial charge in [0.25, 0.3) is 5.91 Å². The van der Waals surface area contributed by atoms with Gasteiger partial charge in [0.2, 0.25) is 0 Å². The number of para-hydroxylation sites is 1. The van der Waals surface area contributed by atoms with Crippen molar-refractivity contribution in [2.45, 2.75) is 12.8 Å². The van der Waals surface area contributed by atoms with Crippen LogP contribution in [0.25, 0.3) is 27.1 Å². The lowest BCUT2D eigenvalue weighted by Gasteiger charge is -2.14. The number of benzene rings is 1. The number of thiocarbonyl (C=S) groups is 1. The fourth-order valence-electron chi connectivity index (χ4n) is 2.73. The molecule has 0 atom stereocenters. The molecular formula is C19H13N2O4S3-. The molecule has 1 aliphatic rings. The number of carboxylic acid groups (broad SMARTS) is 1. The van der Waals surface area contributed by atoms with Gasteiger partial charge in [-0.1, -0.05) is 36.1 Å². The van der Waals surface area contributed by atoms with Crippen molar-refractivity contribution in [3.63, 3.8) is 0 Å². The van der Waals surface area contributed by atoms with Crippen molar-refractivity contribution < 1.29 is 19.1 Å².